The zero-order valence-corrected chi connectivity index (χ0v) is 22.1. The minimum atomic E-state index is -0.943. The van der Waals surface area contributed by atoms with E-state index in [1.165, 1.54) is 0 Å². The van der Waals surface area contributed by atoms with E-state index >= 15 is 0 Å². The molecule has 4 radical (unpaired) electrons. The van der Waals surface area contributed by atoms with Gasteiger partial charge in [0.1, 0.15) is 0 Å². The van der Waals surface area contributed by atoms with Crippen molar-refractivity contribution in [1.82, 2.24) is 0 Å². The molecule has 0 rings (SSSR count). The van der Waals surface area contributed by atoms with E-state index in [0.717, 1.165) is 51.4 Å². The zero-order chi connectivity index (χ0) is 22.8. The Labute approximate surface area is 195 Å². The number of hydrogen-bond donors (Lipinski definition) is 0. The van der Waals surface area contributed by atoms with Gasteiger partial charge in [0.15, 0.2) is 0 Å². The maximum atomic E-state index is 9.65. The van der Waals surface area contributed by atoms with Crippen LogP contribution in [0.1, 0.15) is 105 Å². The van der Waals surface area contributed by atoms with Crippen molar-refractivity contribution in [3.8, 4) is 0 Å². The molecule has 0 aliphatic carbocycles. The molecular formula is C20H36O8Pb-4. The van der Waals surface area contributed by atoms with E-state index in [0.29, 0.717) is 0 Å². The maximum Gasteiger partial charge on any atom is 0.0414 e. The third-order valence-electron chi connectivity index (χ3n) is 2.94. The number of carboxylic acids is 4. The van der Waals surface area contributed by atoms with Crippen molar-refractivity contribution in [2.75, 3.05) is 0 Å². The molecule has 0 saturated carbocycles. The fourth-order valence-corrected chi connectivity index (χ4v) is 1.28. The number of carboxylic acid groups (broad SMARTS) is 4. The first kappa shape index (κ1) is 38.4. The van der Waals surface area contributed by atoms with Crippen molar-refractivity contribution < 1.29 is 39.6 Å². The van der Waals surface area contributed by atoms with E-state index in [-0.39, 0.29) is 53.0 Å². The minimum Gasteiger partial charge on any atom is -0.550 e. The van der Waals surface area contributed by atoms with Gasteiger partial charge in [0.05, 0.1) is 0 Å². The van der Waals surface area contributed by atoms with Gasteiger partial charge in [-0.2, -0.15) is 0 Å². The van der Waals surface area contributed by atoms with E-state index in [1.807, 2.05) is 27.7 Å². The second kappa shape index (κ2) is 34.3. The fourth-order valence-electron chi connectivity index (χ4n) is 1.28. The van der Waals surface area contributed by atoms with Crippen LogP contribution in [0.15, 0.2) is 0 Å². The number of carbonyl (C=O) groups excluding carboxylic acids is 4. The number of unbranched alkanes of at least 4 members (excludes halogenated alkanes) is 4. The van der Waals surface area contributed by atoms with Crippen LogP contribution in [0.3, 0.4) is 0 Å². The summed E-state index contributed by atoms with van der Waals surface area (Å²) < 4.78 is 0. The summed E-state index contributed by atoms with van der Waals surface area (Å²) in [5.41, 5.74) is 0. The fraction of sp³-hybridized carbons (Fsp3) is 0.800. The van der Waals surface area contributed by atoms with Crippen molar-refractivity contribution in [3.05, 3.63) is 0 Å². The summed E-state index contributed by atoms with van der Waals surface area (Å²) in [6.45, 7) is 7.79. The van der Waals surface area contributed by atoms with Crippen molar-refractivity contribution in [2.24, 2.45) is 0 Å². The van der Waals surface area contributed by atoms with E-state index in [9.17, 15) is 39.6 Å². The van der Waals surface area contributed by atoms with Crippen molar-refractivity contribution >= 4 is 51.2 Å². The Morgan fingerprint density at radius 2 is 0.586 bits per heavy atom. The monoisotopic (exact) mass is 612 g/mol. The van der Waals surface area contributed by atoms with Crippen LogP contribution in [0.4, 0.5) is 0 Å². The normalized spacial score (nSPS) is 8.41. The molecular weight excluding hydrogens is 575 g/mol. The van der Waals surface area contributed by atoms with Crippen molar-refractivity contribution in [1.29, 1.82) is 0 Å². The third-order valence-corrected chi connectivity index (χ3v) is 2.94. The standard InChI is InChI=1S/4C5H10O2.Pb/c4*1-2-3-4-5(6)7;/h4*2-4H2,1H3,(H,6,7);/p-4. The van der Waals surface area contributed by atoms with Crippen LogP contribution < -0.4 is 20.4 Å². The molecule has 0 fully saturated rings. The van der Waals surface area contributed by atoms with Gasteiger partial charge in [0.2, 0.25) is 0 Å². The zero-order valence-electron chi connectivity index (χ0n) is 18.3. The van der Waals surface area contributed by atoms with Crippen molar-refractivity contribution in [3.63, 3.8) is 0 Å². The van der Waals surface area contributed by atoms with Crippen LogP contribution >= 0.6 is 0 Å². The van der Waals surface area contributed by atoms with Gasteiger partial charge in [-0.1, -0.05) is 53.4 Å². The van der Waals surface area contributed by atoms with Crippen LogP contribution in [0, 0.1) is 0 Å². The van der Waals surface area contributed by atoms with Crippen LogP contribution in [-0.4, -0.2) is 51.2 Å². The summed E-state index contributed by atoms with van der Waals surface area (Å²) >= 11 is 0. The van der Waals surface area contributed by atoms with Gasteiger partial charge in [-0.3, -0.25) is 0 Å². The number of hydrogen-bond acceptors (Lipinski definition) is 8. The summed E-state index contributed by atoms with van der Waals surface area (Å²) in [5, 5.41) is 38.6. The Balaban J connectivity index is -0.0000000873. The topological polar surface area (TPSA) is 161 Å². The molecule has 0 aromatic heterocycles. The summed E-state index contributed by atoms with van der Waals surface area (Å²) in [6, 6.07) is 0. The molecule has 29 heavy (non-hydrogen) atoms. The third kappa shape index (κ3) is 75.2. The Morgan fingerprint density at radius 1 is 0.448 bits per heavy atom. The Morgan fingerprint density at radius 3 is 0.621 bits per heavy atom. The predicted octanol–water partition coefficient (Wildman–Crippen LogP) is -0.675. The first-order chi connectivity index (χ1) is 13.1. The summed E-state index contributed by atoms with van der Waals surface area (Å²) in [7, 11) is 0. The summed E-state index contributed by atoms with van der Waals surface area (Å²) in [6.07, 6.45) is 7.47. The molecule has 9 heteroatoms. The second-order valence-electron chi connectivity index (χ2n) is 5.90. The first-order valence-corrected chi connectivity index (χ1v) is 9.88. The molecule has 0 spiro atoms. The predicted molar refractivity (Wildman–Crippen MR) is 104 cm³/mol. The molecule has 0 heterocycles. The Kier molecular flexibility index (Phi) is 45.5. The van der Waals surface area contributed by atoms with Crippen LogP contribution in [0.5, 0.6) is 0 Å². The molecule has 0 aromatic carbocycles. The first-order valence-electron chi connectivity index (χ1n) is 9.88. The van der Waals surface area contributed by atoms with Gasteiger partial charge < -0.3 is 39.6 Å². The summed E-state index contributed by atoms with van der Waals surface area (Å²) in [5.74, 6) is -3.77. The van der Waals surface area contributed by atoms with E-state index in [1.54, 1.807) is 0 Å². The van der Waals surface area contributed by atoms with Crippen LogP contribution in [0.25, 0.3) is 0 Å². The molecule has 0 aliphatic rings. The molecule has 8 nitrogen and oxygen atoms in total. The molecule has 0 aliphatic heterocycles. The van der Waals surface area contributed by atoms with Crippen LogP contribution in [-0.2, 0) is 19.2 Å². The number of rotatable bonds is 12. The maximum absolute atomic E-state index is 9.65. The van der Waals surface area contributed by atoms with Gasteiger partial charge in [-0.15, -0.1) is 0 Å². The quantitative estimate of drug-likeness (QED) is 0.263. The van der Waals surface area contributed by atoms with Gasteiger partial charge in [-0.05, 0) is 51.4 Å². The SMILES string of the molecule is CCCCC(=O)[O-].CCCCC(=O)[O-].CCCCC(=O)[O-].CCCCC(=O)[O-].[Pb]. The Bertz CT molecular complexity index is 315. The number of carbonyl (C=O) groups is 4. The number of aliphatic carboxylic acids is 4. The molecule has 0 bridgehead atoms. The second-order valence-corrected chi connectivity index (χ2v) is 5.90. The van der Waals surface area contributed by atoms with Gasteiger partial charge in [0.25, 0.3) is 0 Å². The largest absolute Gasteiger partial charge is 0.550 e. The molecule has 0 N–H and O–H groups in total. The summed E-state index contributed by atoms with van der Waals surface area (Å²) in [4.78, 5) is 38.6. The van der Waals surface area contributed by atoms with E-state index in [4.69, 9.17) is 0 Å². The molecule has 0 amide bonds. The Hall–Kier alpha value is -1.20. The van der Waals surface area contributed by atoms with Gasteiger partial charge >= 0.3 is 0 Å². The van der Waals surface area contributed by atoms with Gasteiger partial charge in [-0.25, -0.2) is 0 Å². The molecule has 172 valence electrons. The molecule has 0 aromatic rings. The smallest absolute Gasteiger partial charge is 0.0414 e. The van der Waals surface area contributed by atoms with Crippen molar-refractivity contribution in [2.45, 2.75) is 105 Å². The molecule has 0 unspecified atom stereocenters. The average molecular weight is 612 g/mol. The molecule has 0 atom stereocenters. The van der Waals surface area contributed by atoms with Crippen LogP contribution in [0.2, 0.25) is 0 Å². The molecule has 0 saturated heterocycles. The van der Waals surface area contributed by atoms with E-state index in [2.05, 4.69) is 0 Å². The van der Waals surface area contributed by atoms with E-state index < -0.39 is 23.9 Å². The minimum absolute atomic E-state index is 0. The van der Waals surface area contributed by atoms with Gasteiger partial charge in [0, 0.05) is 51.2 Å². The average Bonchev–Trinajstić information content (AvgIpc) is 2.62.